The Labute approximate surface area is 229 Å². The molecule has 0 spiro atoms. The number of nitrogens with zero attached hydrogens (tertiary/aromatic N) is 1. The molecule has 10 heteroatoms. The van der Waals surface area contributed by atoms with Gasteiger partial charge in [0.25, 0.3) is 0 Å². The average Bonchev–Trinajstić information content (AvgIpc) is 3.66. The Morgan fingerprint density at radius 1 is 0.923 bits per heavy atom. The molecule has 0 radical (unpaired) electrons. The number of nitrogens with two attached hydrogens (primary N) is 1. The smallest absolute Gasteiger partial charge is 0.193 e. The number of aromatic amines is 1. The van der Waals surface area contributed by atoms with Crippen molar-refractivity contribution in [2.75, 3.05) is 43.7 Å². The molecule has 2 unspecified atom stereocenters. The zero-order valence-electron chi connectivity index (χ0n) is 21.2. The van der Waals surface area contributed by atoms with Crippen LogP contribution in [0.3, 0.4) is 0 Å². The number of rotatable bonds is 4. The minimum Gasteiger partial charge on any atom is -0.470 e. The topological polar surface area (TPSA) is 112 Å². The number of thioether (sulfide) groups is 1. The highest BCUT2D eigenvalue weighted by molar-refractivity contribution is 7.99. The van der Waals surface area contributed by atoms with Crippen LogP contribution in [0.4, 0.5) is 10.1 Å². The fourth-order valence-electron chi connectivity index (χ4n) is 4.92. The molecule has 204 valence electrons. The van der Waals surface area contributed by atoms with Crippen LogP contribution in [0.1, 0.15) is 0 Å². The van der Waals surface area contributed by atoms with Crippen molar-refractivity contribution in [2.45, 2.75) is 24.4 Å². The summed E-state index contributed by atoms with van der Waals surface area (Å²) in [6, 6.07) is 18.3. The van der Waals surface area contributed by atoms with Crippen molar-refractivity contribution in [1.82, 2.24) is 9.97 Å². The lowest BCUT2D eigenvalue weighted by atomic mass is 10.0. The predicted octanol–water partition coefficient (Wildman–Crippen LogP) is 4.27. The summed E-state index contributed by atoms with van der Waals surface area (Å²) in [5.41, 5.74) is 10.6. The highest BCUT2D eigenvalue weighted by Crippen LogP contribution is 2.32. The number of aromatic nitrogens is 2. The second-order valence-corrected chi connectivity index (χ2v) is 10.9. The molecule has 3 saturated heterocycles. The summed E-state index contributed by atoms with van der Waals surface area (Å²) < 4.78 is 37.1. The monoisotopic (exact) mass is 551 g/mol. The van der Waals surface area contributed by atoms with Crippen molar-refractivity contribution in [3.63, 3.8) is 0 Å². The number of benzene rings is 2. The molecular formula is C29H30FN3O5S. The Morgan fingerprint density at radius 3 is 2.26 bits per heavy atom. The summed E-state index contributed by atoms with van der Waals surface area (Å²) in [6.45, 7) is 2.47. The lowest BCUT2D eigenvalue weighted by molar-refractivity contribution is 0.00794. The molecule has 3 fully saturated rings. The SMILES string of the molecule is C1CSCCO1.Nc1ccc(-c2ccc(-c3nc4cc(OC5CO[C@@H]6C(O)CO[C@H]56)[nH]c4cc3F)cc2)cc1. The van der Waals surface area contributed by atoms with Crippen LogP contribution in [-0.2, 0) is 14.2 Å². The molecule has 39 heavy (non-hydrogen) atoms. The summed E-state index contributed by atoms with van der Waals surface area (Å²) >= 11 is 1.97. The van der Waals surface area contributed by atoms with Gasteiger partial charge in [-0.1, -0.05) is 36.4 Å². The van der Waals surface area contributed by atoms with Crippen LogP contribution in [0.25, 0.3) is 33.4 Å². The number of nitrogen functional groups attached to an aromatic ring is 1. The van der Waals surface area contributed by atoms with E-state index in [1.165, 1.54) is 17.6 Å². The first-order chi connectivity index (χ1) is 19.0. The van der Waals surface area contributed by atoms with Gasteiger partial charge >= 0.3 is 0 Å². The quantitative estimate of drug-likeness (QED) is 0.323. The number of hydrogen-bond donors (Lipinski definition) is 3. The van der Waals surface area contributed by atoms with Crippen molar-refractivity contribution in [2.24, 2.45) is 0 Å². The molecular weight excluding hydrogens is 521 g/mol. The van der Waals surface area contributed by atoms with E-state index in [1.54, 1.807) is 6.07 Å². The van der Waals surface area contributed by atoms with Gasteiger partial charge in [-0.25, -0.2) is 9.37 Å². The van der Waals surface area contributed by atoms with Gasteiger partial charge in [0.15, 0.2) is 17.8 Å². The molecule has 3 aliphatic heterocycles. The molecule has 5 heterocycles. The molecule has 8 nitrogen and oxygen atoms in total. The number of ether oxygens (including phenoxy) is 4. The number of fused-ring (bicyclic) bond motifs is 2. The van der Waals surface area contributed by atoms with Crippen LogP contribution in [0.5, 0.6) is 5.88 Å². The largest absolute Gasteiger partial charge is 0.470 e. The van der Waals surface area contributed by atoms with Crippen LogP contribution in [0.15, 0.2) is 60.7 Å². The molecule has 0 saturated carbocycles. The zero-order chi connectivity index (χ0) is 26.8. The number of nitrogens with one attached hydrogen (secondary N) is 1. The third-order valence-corrected chi connectivity index (χ3v) is 7.85. The Kier molecular flexibility index (Phi) is 7.71. The van der Waals surface area contributed by atoms with Gasteiger partial charge < -0.3 is 34.8 Å². The van der Waals surface area contributed by atoms with Gasteiger partial charge in [0.2, 0.25) is 0 Å². The number of H-pyrrole nitrogens is 1. The average molecular weight is 552 g/mol. The highest BCUT2D eigenvalue weighted by atomic mass is 32.2. The number of aliphatic hydroxyl groups excluding tert-OH is 1. The van der Waals surface area contributed by atoms with E-state index in [4.69, 9.17) is 24.7 Å². The molecule has 7 rings (SSSR count). The number of halogens is 1. The van der Waals surface area contributed by atoms with Crippen molar-refractivity contribution in [3.8, 4) is 28.3 Å². The molecule has 3 aliphatic rings. The lowest BCUT2D eigenvalue weighted by Gasteiger charge is -2.16. The van der Waals surface area contributed by atoms with Crippen LogP contribution < -0.4 is 10.5 Å². The van der Waals surface area contributed by atoms with E-state index in [-0.39, 0.29) is 30.6 Å². The summed E-state index contributed by atoms with van der Waals surface area (Å²) in [5, 5.41) is 9.89. The lowest BCUT2D eigenvalue weighted by Crippen LogP contribution is -2.34. The Balaban J connectivity index is 0.000000410. The van der Waals surface area contributed by atoms with Gasteiger partial charge in [-0.3, -0.25) is 0 Å². The van der Waals surface area contributed by atoms with Crippen LogP contribution in [0.2, 0.25) is 0 Å². The van der Waals surface area contributed by atoms with E-state index in [0.717, 1.165) is 24.3 Å². The summed E-state index contributed by atoms with van der Waals surface area (Å²) in [4.78, 5) is 7.59. The van der Waals surface area contributed by atoms with Crippen molar-refractivity contribution in [3.05, 3.63) is 66.5 Å². The van der Waals surface area contributed by atoms with Crippen molar-refractivity contribution < 1.29 is 28.4 Å². The first kappa shape index (κ1) is 26.1. The van der Waals surface area contributed by atoms with Gasteiger partial charge in [-0.2, -0.15) is 11.8 Å². The second kappa shape index (κ2) is 11.5. The molecule has 2 aromatic heterocycles. The van der Waals surface area contributed by atoms with E-state index in [1.807, 2.05) is 60.3 Å². The first-order valence-electron chi connectivity index (χ1n) is 12.9. The van der Waals surface area contributed by atoms with Gasteiger partial charge in [0.1, 0.15) is 24.0 Å². The van der Waals surface area contributed by atoms with E-state index >= 15 is 0 Å². The number of aliphatic hydroxyl groups is 1. The van der Waals surface area contributed by atoms with Crippen molar-refractivity contribution in [1.29, 1.82) is 0 Å². The maximum atomic E-state index is 14.9. The van der Waals surface area contributed by atoms with Crippen molar-refractivity contribution >= 4 is 28.5 Å². The van der Waals surface area contributed by atoms with Crippen LogP contribution >= 0.6 is 11.8 Å². The van der Waals surface area contributed by atoms with Gasteiger partial charge in [0, 0.05) is 34.9 Å². The third-order valence-electron chi connectivity index (χ3n) is 6.94. The first-order valence-corrected chi connectivity index (χ1v) is 14.1. The van der Waals surface area contributed by atoms with E-state index in [9.17, 15) is 9.50 Å². The minimum atomic E-state index is -0.643. The molecule has 4 N–H and O–H groups in total. The van der Waals surface area contributed by atoms with Crippen LogP contribution in [0, 0.1) is 5.82 Å². The maximum absolute atomic E-state index is 14.9. The van der Waals surface area contributed by atoms with Gasteiger partial charge in [-0.05, 0) is 23.3 Å². The number of anilines is 1. The van der Waals surface area contributed by atoms with Gasteiger partial charge in [-0.15, -0.1) is 0 Å². The fraction of sp³-hybridized carbons (Fsp3) is 0.345. The third kappa shape index (κ3) is 5.75. The maximum Gasteiger partial charge on any atom is 0.193 e. The summed E-state index contributed by atoms with van der Waals surface area (Å²) in [5.74, 6) is 2.41. The molecule has 4 aromatic rings. The second-order valence-electron chi connectivity index (χ2n) is 9.63. The van der Waals surface area contributed by atoms with E-state index in [0.29, 0.717) is 34.8 Å². The predicted molar refractivity (Wildman–Crippen MR) is 149 cm³/mol. The molecule has 0 aliphatic carbocycles. The number of pyridine rings is 1. The Bertz CT molecular complexity index is 1400. The fourth-order valence-corrected chi connectivity index (χ4v) is 5.59. The molecule has 0 amide bonds. The molecule has 2 aromatic carbocycles. The number of hydrogen-bond acceptors (Lipinski definition) is 8. The highest BCUT2D eigenvalue weighted by Gasteiger charge is 2.48. The van der Waals surface area contributed by atoms with Crippen LogP contribution in [-0.4, -0.2) is 77.4 Å². The Morgan fingerprint density at radius 2 is 1.59 bits per heavy atom. The van der Waals surface area contributed by atoms with E-state index < -0.39 is 11.9 Å². The summed E-state index contributed by atoms with van der Waals surface area (Å²) in [7, 11) is 0. The summed E-state index contributed by atoms with van der Waals surface area (Å²) in [6.07, 6.45) is -1.70. The molecule has 0 bridgehead atoms. The molecule has 4 atom stereocenters. The normalized spacial score (nSPS) is 24.3. The standard InChI is InChI=1S/C25H22FN3O4.C4H8OS/c26-17-9-18-19(10-22(28-18)33-21-12-32-24-20(30)11-31-25(21)24)29-23(17)15-3-1-13(2-4-15)14-5-7-16(27)8-6-14;1-3-6-4-2-5-1/h1-10,20-21,24-25,28,30H,11-12,27H2;1-4H2/t20?,21?,24-,25-;/m1./s1. The Hall–Kier alpha value is -3.15. The zero-order valence-corrected chi connectivity index (χ0v) is 22.0. The van der Waals surface area contributed by atoms with E-state index in [2.05, 4.69) is 9.97 Å². The minimum absolute atomic E-state index is 0.231. The van der Waals surface area contributed by atoms with Gasteiger partial charge in [0.05, 0.1) is 37.5 Å².